The summed E-state index contributed by atoms with van der Waals surface area (Å²) in [7, 11) is 0. The van der Waals surface area contributed by atoms with E-state index in [0.29, 0.717) is 6.42 Å². The van der Waals surface area contributed by atoms with Crippen molar-refractivity contribution < 1.29 is 19.1 Å². The van der Waals surface area contributed by atoms with Crippen LogP contribution in [0.1, 0.15) is 13.3 Å². The second-order valence-corrected chi connectivity index (χ2v) is 3.37. The highest BCUT2D eigenvalue weighted by molar-refractivity contribution is 6.06. The first kappa shape index (κ1) is 8.22. The average molecular weight is 183 g/mol. The van der Waals surface area contributed by atoms with Crippen molar-refractivity contribution in [2.75, 3.05) is 0 Å². The number of fused-ring (bicyclic) bond motifs is 1. The minimum absolute atomic E-state index is 0.238. The summed E-state index contributed by atoms with van der Waals surface area (Å²) >= 11 is 0. The Hall–Kier alpha value is -1.39. The van der Waals surface area contributed by atoms with Gasteiger partial charge in [0.25, 0.3) is 0 Å². The van der Waals surface area contributed by atoms with Crippen molar-refractivity contribution in [3.8, 4) is 0 Å². The summed E-state index contributed by atoms with van der Waals surface area (Å²) in [4.78, 5) is 32.7. The highest BCUT2D eigenvalue weighted by Gasteiger charge is 2.56. The Morgan fingerprint density at radius 3 is 2.69 bits per heavy atom. The fourth-order valence-electron chi connectivity index (χ4n) is 1.86. The summed E-state index contributed by atoms with van der Waals surface area (Å²) in [5, 5.41) is 2.21. The van der Waals surface area contributed by atoms with Crippen LogP contribution in [-0.4, -0.2) is 23.9 Å². The normalized spacial score (nSPS) is 36.2. The molecular formula is C8H9NO4. The van der Waals surface area contributed by atoms with E-state index >= 15 is 0 Å². The van der Waals surface area contributed by atoms with E-state index in [1.165, 1.54) is 6.92 Å². The number of ether oxygens (including phenoxy) is 1. The number of hydrogen-bond donors (Lipinski definition) is 1. The fraction of sp³-hybridized carbons (Fsp3) is 0.625. The van der Waals surface area contributed by atoms with Gasteiger partial charge in [0.15, 0.2) is 0 Å². The summed E-state index contributed by atoms with van der Waals surface area (Å²) in [5.74, 6) is -1.66. The maximum atomic E-state index is 11.1. The van der Waals surface area contributed by atoms with E-state index in [1.807, 2.05) is 0 Å². The molecule has 2 fully saturated rings. The van der Waals surface area contributed by atoms with Crippen molar-refractivity contribution in [3.05, 3.63) is 0 Å². The first-order valence-corrected chi connectivity index (χ1v) is 4.11. The molecule has 5 heteroatoms. The number of carbonyl (C=O) groups excluding carboxylic acids is 3. The maximum Gasteiger partial charge on any atom is 0.302 e. The molecule has 1 N–H and O–H groups in total. The predicted molar refractivity (Wildman–Crippen MR) is 40.3 cm³/mol. The molecule has 1 aliphatic carbocycles. The monoisotopic (exact) mass is 183 g/mol. The Balaban J connectivity index is 2.04. The fourth-order valence-corrected chi connectivity index (χ4v) is 1.86. The van der Waals surface area contributed by atoms with Gasteiger partial charge in [-0.25, -0.2) is 0 Å². The van der Waals surface area contributed by atoms with Gasteiger partial charge in [0, 0.05) is 6.92 Å². The van der Waals surface area contributed by atoms with E-state index in [4.69, 9.17) is 4.74 Å². The molecule has 3 atom stereocenters. The quantitative estimate of drug-likeness (QED) is 0.427. The smallest absolute Gasteiger partial charge is 0.302 e. The van der Waals surface area contributed by atoms with E-state index in [0.717, 1.165) is 0 Å². The number of carbonyl (C=O) groups is 3. The number of nitrogens with one attached hydrogen (secondary N) is 1. The van der Waals surface area contributed by atoms with E-state index in [2.05, 4.69) is 5.32 Å². The molecule has 2 aliphatic rings. The molecule has 1 heterocycles. The van der Waals surface area contributed by atoms with Gasteiger partial charge in [-0.3, -0.25) is 19.7 Å². The van der Waals surface area contributed by atoms with Gasteiger partial charge in [-0.15, -0.1) is 0 Å². The van der Waals surface area contributed by atoms with Crippen LogP contribution in [0.25, 0.3) is 0 Å². The Morgan fingerprint density at radius 2 is 2.15 bits per heavy atom. The molecular weight excluding hydrogens is 174 g/mol. The number of amides is 2. The lowest BCUT2D eigenvalue weighted by Crippen LogP contribution is -2.45. The van der Waals surface area contributed by atoms with Crippen LogP contribution in [0.3, 0.4) is 0 Å². The Kier molecular flexibility index (Phi) is 1.61. The van der Waals surface area contributed by atoms with Gasteiger partial charge in [-0.1, -0.05) is 0 Å². The molecule has 0 aromatic rings. The van der Waals surface area contributed by atoms with E-state index in [9.17, 15) is 14.4 Å². The lowest BCUT2D eigenvalue weighted by molar-refractivity contribution is -0.163. The number of hydrogen-bond acceptors (Lipinski definition) is 4. The van der Waals surface area contributed by atoms with Crippen LogP contribution in [-0.2, 0) is 19.1 Å². The van der Waals surface area contributed by atoms with Crippen LogP contribution in [0.2, 0.25) is 0 Å². The molecule has 0 bridgehead atoms. The van der Waals surface area contributed by atoms with E-state index in [1.54, 1.807) is 0 Å². The molecule has 5 nitrogen and oxygen atoms in total. The summed E-state index contributed by atoms with van der Waals surface area (Å²) in [6, 6.07) is 0. The van der Waals surface area contributed by atoms with Gasteiger partial charge in [0.05, 0.1) is 11.8 Å². The SMILES string of the molecule is CC(=O)OC1CC2C(=O)NC(=O)C12. The van der Waals surface area contributed by atoms with Gasteiger partial charge >= 0.3 is 5.97 Å². The molecule has 2 rings (SSSR count). The summed E-state index contributed by atoms with van der Waals surface area (Å²) < 4.78 is 4.87. The third-order valence-corrected chi connectivity index (χ3v) is 2.52. The van der Waals surface area contributed by atoms with E-state index in [-0.39, 0.29) is 17.7 Å². The number of esters is 1. The predicted octanol–water partition coefficient (Wildman–Crippen LogP) is -0.789. The lowest BCUT2D eigenvalue weighted by Gasteiger charge is -2.35. The van der Waals surface area contributed by atoms with Crippen LogP contribution in [0.5, 0.6) is 0 Å². The molecule has 0 aromatic heterocycles. The van der Waals surface area contributed by atoms with Crippen LogP contribution in [0.15, 0.2) is 0 Å². The highest BCUT2D eigenvalue weighted by Crippen LogP contribution is 2.40. The van der Waals surface area contributed by atoms with Crippen molar-refractivity contribution >= 4 is 17.8 Å². The Bertz CT molecular complexity index is 299. The second kappa shape index (κ2) is 2.55. The lowest BCUT2D eigenvalue weighted by atomic mass is 9.72. The molecule has 13 heavy (non-hydrogen) atoms. The molecule has 1 saturated carbocycles. The van der Waals surface area contributed by atoms with Crippen molar-refractivity contribution in [3.63, 3.8) is 0 Å². The molecule has 0 spiro atoms. The van der Waals surface area contributed by atoms with Crippen molar-refractivity contribution in [2.45, 2.75) is 19.4 Å². The molecule has 0 aromatic carbocycles. The molecule has 2 amide bonds. The van der Waals surface area contributed by atoms with E-state index < -0.39 is 18.0 Å². The second-order valence-electron chi connectivity index (χ2n) is 3.37. The van der Waals surface area contributed by atoms with Gasteiger partial charge in [-0.2, -0.15) is 0 Å². The standard InChI is InChI=1S/C8H9NO4/c1-3(10)13-5-2-4-6(5)8(12)9-7(4)11/h4-6H,2H2,1H3,(H,9,11,12). The van der Waals surface area contributed by atoms with Gasteiger partial charge in [0.1, 0.15) is 6.10 Å². The average Bonchev–Trinajstić information content (AvgIpc) is 2.15. The summed E-state index contributed by atoms with van der Waals surface area (Å²) in [6.07, 6.45) is 0.0795. The third-order valence-electron chi connectivity index (χ3n) is 2.52. The molecule has 1 aliphatic heterocycles. The van der Waals surface area contributed by atoms with Crippen LogP contribution in [0, 0.1) is 11.8 Å². The number of rotatable bonds is 1. The maximum absolute atomic E-state index is 11.1. The number of imide groups is 1. The first-order valence-electron chi connectivity index (χ1n) is 4.11. The minimum atomic E-state index is -0.434. The largest absolute Gasteiger partial charge is 0.462 e. The van der Waals surface area contributed by atoms with Crippen molar-refractivity contribution in [1.29, 1.82) is 0 Å². The first-order chi connectivity index (χ1) is 6.09. The molecule has 3 unspecified atom stereocenters. The highest BCUT2D eigenvalue weighted by atomic mass is 16.5. The minimum Gasteiger partial charge on any atom is -0.462 e. The zero-order valence-corrected chi connectivity index (χ0v) is 7.07. The Labute approximate surface area is 74.4 Å². The van der Waals surface area contributed by atoms with Crippen LogP contribution >= 0.6 is 0 Å². The summed E-state index contributed by atoms with van der Waals surface area (Å²) in [5.41, 5.74) is 0. The topological polar surface area (TPSA) is 72.5 Å². The van der Waals surface area contributed by atoms with Crippen molar-refractivity contribution in [2.24, 2.45) is 11.8 Å². The van der Waals surface area contributed by atoms with Crippen LogP contribution < -0.4 is 5.32 Å². The molecule has 70 valence electrons. The molecule has 0 radical (unpaired) electrons. The van der Waals surface area contributed by atoms with Gasteiger partial charge < -0.3 is 4.74 Å². The van der Waals surface area contributed by atoms with Crippen LogP contribution in [0.4, 0.5) is 0 Å². The van der Waals surface area contributed by atoms with Crippen molar-refractivity contribution in [1.82, 2.24) is 5.32 Å². The van der Waals surface area contributed by atoms with Gasteiger partial charge in [0.2, 0.25) is 11.8 Å². The third kappa shape index (κ3) is 1.11. The van der Waals surface area contributed by atoms with Gasteiger partial charge in [-0.05, 0) is 6.42 Å². The summed E-state index contributed by atoms with van der Waals surface area (Å²) in [6.45, 7) is 1.29. The Morgan fingerprint density at radius 1 is 1.46 bits per heavy atom. The molecule has 1 saturated heterocycles. The zero-order chi connectivity index (χ0) is 9.59. The zero-order valence-electron chi connectivity index (χ0n) is 7.07.